The molecule has 6 nitrogen and oxygen atoms in total. The molecule has 188 valence electrons. The lowest BCUT2D eigenvalue weighted by molar-refractivity contribution is 0.0491. The van der Waals surface area contributed by atoms with Gasteiger partial charge in [0.15, 0.2) is 0 Å². The molecule has 1 N–H and O–H groups in total. The van der Waals surface area contributed by atoms with Gasteiger partial charge in [0.1, 0.15) is 22.3 Å². The molecule has 0 aliphatic rings. The molecule has 9 heteroatoms. The molecule has 1 amide bonds. The van der Waals surface area contributed by atoms with E-state index in [9.17, 15) is 13.6 Å². The highest BCUT2D eigenvalue weighted by Gasteiger charge is 2.21. The Bertz CT molecular complexity index is 1200. The van der Waals surface area contributed by atoms with E-state index in [1.54, 1.807) is 12.1 Å². The first-order valence-electron chi connectivity index (χ1n) is 11.4. The van der Waals surface area contributed by atoms with Crippen LogP contribution in [0.2, 0.25) is 5.02 Å². The normalized spacial score (nSPS) is 12.6. The molecule has 0 saturated heterocycles. The molecule has 3 rings (SSSR count). The van der Waals surface area contributed by atoms with Crippen LogP contribution in [0.25, 0.3) is 22.0 Å². The van der Waals surface area contributed by atoms with Gasteiger partial charge < -0.3 is 14.8 Å². The Labute approximate surface area is 209 Å². The van der Waals surface area contributed by atoms with Crippen molar-refractivity contribution in [2.75, 3.05) is 6.61 Å². The molecule has 0 unspecified atom stereocenters. The van der Waals surface area contributed by atoms with Gasteiger partial charge in [0.25, 0.3) is 0 Å². The van der Waals surface area contributed by atoms with E-state index in [0.29, 0.717) is 23.5 Å². The van der Waals surface area contributed by atoms with E-state index in [0.717, 1.165) is 12.5 Å². The van der Waals surface area contributed by atoms with Gasteiger partial charge in [-0.2, -0.15) is 0 Å². The van der Waals surface area contributed by atoms with Crippen LogP contribution in [-0.2, 0) is 4.74 Å². The Morgan fingerprint density at radius 1 is 1.17 bits per heavy atom. The number of ether oxygens (including phenoxy) is 2. The van der Waals surface area contributed by atoms with Crippen molar-refractivity contribution in [2.24, 2.45) is 5.92 Å². The summed E-state index contributed by atoms with van der Waals surface area (Å²) >= 11 is 6.41. The van der Waals surface area contributed by atoms with Gasteiger partial charge >= 0.3 is 6.09 Å². The van der Waals surface area contributed by atoms with Crippen molar-refractivity contribution in [1.29, 1.82) is 0 Å². The van der Waals surface area contributed by atoms with Crippen LogP contribution in [0.5, 0.6) is 5.88 Å². The van der Waals surface area contributed by atoms with Crippen LogP contribution >= 0.6 is 11.6 Å². The van der Waals surface area contributed by atoms with E-state index in [2.05, 4.69) is 29.1 Å². The van der Waals surface area contributed by atoms with E-state index in [-0.39, 0.29) is 34.5 Å². The molecule has 2 heterocycles. The average molecular weight is 506 g/mol. The predicted octanol–water partition coefficient (Wildman–Crippen LogP) is 6.94. The van der Waals surface area contributed by atoms with Crippen LogP contribution in [0, 0.1) is 17.6 Å². The molecular formula is C26H30ClF2N3O3. The number of carbonyl (C=O) groups is 1. The second kappa shape index (κ2) is 11.2. The summed E-state index contributed by atoms with van der Waals surface area (Å²) in [6.45, 7) is 9.85. The number of alkyl carbamates (subject to hydrolysis) is 1. The Morgan fingerprint density at radius 2 is 1.91 bits per heavy atom. The van der Waals surface area contributed by atoms with E-state index in [1.165, 1.54) is 18.5 Å². The molecule has 1 aromatic carbocycles. The zero-order valence-electron chi connectivity index (χ0n) is 20.5. The van der Waals surface area contributed by atoms with E-state index >= 15 is 0 Å². The third kappa shape index (κ3) is 7.49. The molecule has 0 fully saturated rings. The van der Waals surface area contributed by atoms with Crippen molar-refractivity contribution in [3.63, 3.8) is 0 Å². The highest BCUT2D eigenvalue weighted by Crippen LogP contribution is 2.33. The summed E-state index contributed by atoms with van der Waals surface area (Å²) in [5.74, 6) is -0.828. The average Bonchev–Trinajstić information content (AvgIpc) is 2.72. The second-order valence-electron chi connectivity index (χ2n) is 9.76. The number of amides is 1. The molecule has 0 saturated carbocycles. The lowest BCUT2D eigenvalue weighted by Crippen LogP contribution is -2.40. The first-order valence-corrected chi connectivity index (χ1v) is 11.8. The fourth-order valence-electron chi connectivity index (χ4n) is 3.71. The third-order valence-electron chi connectivity index (χ3n) is 5.06. The molecule has 0 radical (unpaired) electrons. The zero-order chi connectivity index (χ0) is 25.8. The van der Waals surface area contributed by atoms with Gasteiger partial charge in [-0.05, 0) is 50.8 Å². The fourth-order valence-corrected chi connectivity index (χ4v) is 3.93. The molecule has 0 spiro atoms. The summed E-state index contributed by atoms with van der Waals surface area (Å²) in [5, 5.41) is 3.33. The number of nitrogens with zero attached hydrogens (tertiary/aromatic N) is 2. The largest absolute Gasteiger partial charge is 0.477 e. The SMILES string of the molecule is CC(C)C[C@H](CCOc1ncc(-c2ccnc3cc(F)cc(F)c23)cc1Cl)NC(=O)OC(C)(C)C. The van der Waals surface area contributed by atoms with Crippen LogP contribution in [0.4, 0.5) is 13.6 Å². The summed E-state index contributed by atoms with van der Waals surface area (Å²) in [6.07, 6.45) is 3.80. The van der Waals surface area contributed by atoms with Crippen LogP contribution in [0.1, 0.15) is 47.5 Å². The highest BCUT2D eigenvalue weighted by molar-refractivity contribution is 6.32. The van der Waals surface area contributed by atoms with Gasteiger partial charge in [-0.3, -0.25) is 4.98 Å². The monoisotopic (exact) mass is 505 g/mol. The number of rotatable bonds is 8. The van der Waals surface area contributed by atoms with Crippen LogP contribution < -0.4 is 10.1 Å². The number of fused-ring (bicyclic) bond motifs is 1. The lowest BCUT2D eigenvalue weighted by atomic mass is 10.0. The number of carbonyl (C=O) groups excluding carboxylic acids is 1. The first-order chi connectivity index (χ1) is 16.4. The molecule has 35 heavy (non-hydrogen) atoms. The third-order valence-corrected chi connectivity index (χ3v) is 5.33. The van der Waals surface area contributed by atoms with Crippen LogP contribution in [0.3, 0.4) is 0 Å². The minimum atomic E-state index is -0.715. The molecule has 0 bridgehead atoms. The van der Waals surface area contributed by atoms with Gasteiger partial charge in [-0.15, -0.1) is 0 Å². The first kappa shape index (κ1) is 26.6. The molecular weight excluding hydrogens is 476 g/mol. The molecule has 3 aromatic rings. The minimum absolute atomic E-state index is 0.144. The van der Waals surface area contributed by atoms with Gasteiger partial charge in [0, 0.05) is 47.9 Å². The van der Waals surface area contributed by atoms with Gasteiger partial charge in [-0.1, -0.05) is 25.4 Å². The summed E-state index contributed by atoms with van der Waals surface area (Å²) in [7, 11) is 0. The maximum Gasteiger partial charge on any atom is 0.407 e. The minimum Gasteiger partial charge on any atom is -0.477 e. The van der Waals surface area contributed by atoms with Crippen LogP contribution in [-0.4, -0.2) is 34.3 Å². The Balaban J connectivity index is 1.70. The number of nitrogens with one attached hydrogen (secondary N) is 1. The number of benzene rings is 1. The van der Waals surface area contributed by atoms with E-state index in [1.807, 2.05) is 20.8 Å². The van der Waals surface area contributed by atoms with E-state index in [4.69, 9.17) is 21.1 Å². The fraction of sp³-hybridized carbons (Fsp3) is 0.423. The van der Waals surface area contributed by atoms with Crippen molar-refractivity contribution in [2.45, 2.75) is 59.1 Å². The molecule has 1 atom stereocenters. The maximum absolute atomic E-state index is 14.5. The van der Waals surface area contributed by atoms with Crippen LogP contribution in [0.15, 0.2) is 36.7 Å². The smallest absolute Gasteiger partial charge is 0.407 e. The van der Waals surface area contributed by atoms with Gasteiger partial charge in [0.05, 0.1) is 12.1 Å². The Kier molecular flexibility index (Phi) is 8.48. The molecule has 0 aliphatic heterocycles. The van der Waals surface area contributed by atoms with Gasteiger partial charge in [-0.25, -0.2) is 18.6 Å². The summed E-state index contributed by atoms with van der Waals surface area (Å²) < 4.78 is 39.2. The number of aromatic nitrogens is 2. The highest BCUT2D eigenvalue weighted by atomic mass is 35.5. The number of halogens is 3. The lowest BCUT2D eigenvalue weighted by Gasteiger charge is -2.24. The van der Waals surface area contributed by atoms with E-state index < -0.39 is 23.3 Å². The van der Waals surface area contributed by atoms with Crippen molar-refractivity contribution < 1.29 is 23.0 Å². The standard InChI is InChI=1S/C26H30ClF2N3O3/c1-15(2)10-18(32-25(33)35-26(3,4)5)7-9-34-24-20(27)11-16(14-31-24)19-6-8-30-22-13-17(28)12-21(29)23(19)22/h6,8,11-15,18H,7,9-10H2,1-5H3,(H,32,33)/t18-/m0/s1. The van der Waals surface area contributed by atoms with Crippen molar-refractivity contribution >= 4 is 28.6 Å². The summed E-state index contributed by atoms with van der Waals surface area (Å²) in [4.78, 5) is 20.5. The maximum atomic E-state index is 14.5. The molecule has 0 aliphatic carbocycles. The quantitative estimate of drug-likeness (QED) is 0.359. The van der Waals surface area contributed by atoms with Crippen molar-refractivity contribution in [3.8, 4) is 17.0 Å². The van der Waals surface area contributed by atoms with Crippen molar-refractivity contribution in [1.82, 2.24) is 15.3 Å². The zero-order valence-corrected chi connectivity index (χ0v) is 21.2. The number of pyridine rings is 2. The predicted molar refractivity (Wildman–Crippen MR) is 133 cm³/mol. The topological polar surface area (TPSA) is 73.3 Å². The summed E-state index contributed by atoms with van der Waals surface area (Å²) in [5.41, 5.74) is 0.654. The second-order valence-corrected chi connectivity index (χ2v) is 10.2. The number of hydrogen-bond acceptors (Lipinski definition) is 5. The summed E-state index contributed by atoms with van der Waals surface area (Å²) in [6, 6.07) is 5.09. The Morgan fingerprint density at radius 3 is 2.57 bits per heavy atom. The number of hydrogen-bond donors (Lipinski definition) is 1. The molecule has 2 aromatic heterocycles. The van der Waals surface area contributed by atoms with Crippen molar-refractivity contribution in [3.05, 3.63) is 53.3 Å². The van der Waals surface area contributed by atoms with Gasteiger partial charge in [0.2, 0.25) is 5.88 Å². The Hall–Kier alpha value is -3.00.